The molecule has 0 bridgehead atoms. The van der Waals surface area contributed by atoms with Gasteiger partial charge in [-0.1, -0.05) is 74.5 Å². The second-order valence-corrected chi connectivity index (χ2v) is 8.68. The lowest BCUT2D eigenvalue weighted by Gasteiger charge is -2.24. The van der Waals surface area contributed by atoms with Crippen LogP contribution in [0.2, 0.25) is 0 Å². The van der Waals surface area contributed by atoms with E-state index in [2.05, 4.69) is 16.0 Å². The molecule has 2 aromatic rings. The van der Waals surface area contributed by atoms with Crippen LogP contribution in [0, 0.1) is 5.92 Å². The summed E-state index contributed by atoms with van der Waals surface area (Å²) in [5, 5.41) is 7.72. The molecule has 0 unspecified atom stereocenters. The first-order valence-electron chi connectivity index (χ1n) is 11.4. The summed E-state index contributed by atoms with van der Waals surface area (Å²) in [5.41, 5.74) is 6.64. The number of rotatable bonds is 13. The van der Waals surface area contributed by atoms with E-state index in [9.17, 15) is 24.0 Å². The molecule has 0 spiro atoms. The van der Waals surface area contributed by atoms with Gasteiger partial charge in [0.1, 0.15) is 18.5 Å². The van der Waals surface area contributed by atoms with E-state index >= 15 is 0 Å². The Labute approximate surface area is 204 Å². The van der Waals surface area contributed by atoms with Gasteiger partial charge in [-0.05, 0) is 23.5 Å². The first-order valence-corrected chi connectivity index (χ1v) is 11.4. The van der Waals surface area contributed by atoms with Crippen LogP contribution in [0.15, 0.2) is 60.7 Å². The number of hydrogen-bond donors (Lipinski definition) is 4. The van der Waals surface area contributed by atoms with Crippen LogP contribution < -0.4 is 21.7 Å². The van der Waals surface area contributed by atoms with Crippen molar-refractivity contribution in [2.75, 3.05) is 0 Å². The average molecular weight is 481 g/mol. The van der Waals surface area contributed by atoms with Crippen molar-refractivity contribution in [3.8, 4) is 0 Å². The van der Waals surface area contributed by atoms with Crippen LogP contribution in [0.3, 0.4) is 0 Å². The van der Waals surface area contributed by atoms with Crippen molar-refractivity contribution in [2.24, 2.45) is 11.7 Å². The molecule has 186 valence electrons. The molecular weight excluding hydrogens is 448 g/mol. The number of amides is 4. The van der Waals surface area contributed by atoms with Crippen molar-refractivity contribution in [1.29, 1.82) is 0 Å². The first kappa shape index (κ1) is 27.2. The van der Waals surface area contributed by atoms with Gasteiger partial charge in [-0.25, -0.2) is 0 Å². The maximum Gasteiger partial charge on any atom is 0.289 e. The van der Waals surface area contributed by atoms with Crippen molar-refractivity contribution in [3.05, 3.63) is 71.8 Å². The predicted molar refractivity (Wildman–Crippen MR) is 131 cm³/mol. The number of nitrogens with one attached hydrogen (secondary N) is 3. The fraction of sp³-hybridized carbons (Fsp3) is 0.346. The Balaban J connectivity index is 2.16. The van der Waals surface area contributed by atoms with Crippen LogP contribution in [0.25, 0.3) is 0 Å². The molecule has 0 heterocycles. The molecular formula is C26H32N4O5. The summed E-state index contributed by atoms with van der Waals surface area (Å²) in [6, 6.07) is 16.0. The molecule has 9 nitrogen and oxygen atoms in total. The molecule has 9 heteroatoms. The third kappa shape index (κ3) is 9.79. The van der Waals surface area contributed by atoms with Gasteiger partial charge in [-0.2, -0.15) is 0 Å². The number of hydrogen-bond acceptors (Lipinski definition) is 5. The van der Waals surface area contributed by atoms with Crippen molar-refractivity contribution in [1.82, 2.24) is 16.0 Å². The quantitative estimate of drug-likeness (QED) is 0.249. The average Bonchev–Trinajstić information content (AvgIpc) is 2.81. The molecule has 0 fully saturated rings. The molecule has 4 amide bonds. The number of ketones is 1. The van der Waals surface area contributed by atoms with E-state index in [4.69, 9.17) is 5.73 Å². The number of carbonyl (C=O) groups is 5. The molecule has 0 aromatic heterocycles. The summed E-state index contributed by atoms with van der Waals surface area (Å²) in [5.74, 6) is -3.74. The lowest BCUT2D eigenvalue weighted by atomic mass is 9.99. The monoisotopic (exact) mass is 480 g/mol. The van der Waals surface area contributed by atoms with E-state index in [1.165, 1.54) is 0 Å². The summed E-state index contributed by atoms with van der Waals surface area (Å²) in [6.07, 6.45) is -0.202. The minimum absolute atomic E-state index is 0.0251. The molecule has 0 saturated heterocycles. The lowest BCUT2D eigenvalue weighted by Crippen LogP contribution is -2.55. The van der Waals surface area contributed by atoms with Crippen molar-refractivity contribution in [2.45, 2.75) is 51.7 Å². The van der Waals surface area contributed by atoms with Crippen LogP contribution in [-0.2, 0) is 36.9 Å². The zero-order valence-electron chi connectivity index (χ0n) is 20.0. The van der Waals surface area contributed by atoms with E-state index in [1.807, 2.05) is 50.2 Å². The highest BCUT2D eigenvalue weighted by Crippen LogP contribution is 2.09. The van der Waals surface area contributed by atoms with Gasteiger partial charge in [0.2, 0.25) is 23.5 Å². The molecule has 2 rings (SSSR count). The van der Waals surface area contributed by atoms with E-state index < -0.39 is 47.9 Å². The molecule has 5 N–H and O–H groups in total. The number of nitrogens with two attached hydrogens (primary N) is 1. The van der Waals surface area contributed by atoms with Crippen LogP contribution >= 0.6 is 0 Å². The van der Waals surface area contributed by atoms with Crippen molar-refractivity contribution in [3.63, 3.8) is 0 Å². The fourth-order valence-electron chi connectivity index (χ4n) is 3.46. The molecule has 0 radical (unpaired) electrons. The molecule has 0 saturated carbocycles. The van der Waals surface area contributed by atoms with Gasteiger partial charge in [0.15, 0.2) is 0 Å². The van der Waals surface area contributed by atoms with E-state index in [0.29, 0.717) is 0 Å². The maximum absolute atomic E-state index is 13.1. The van der Waals surface area contributed by atoms with Gasteiger partial charge in [-0.15, -0.1) is 0 Å². The van der Waals surface area contributed by atoms with Crippen LogP contribution in [-0.4, -0.2) is 41.5 Å². The topological polar surface area (TPSA) is 147 Å². The van der Waals surface area contributed by atoms with Crippen LogP contribution in [0.4, 0.5) is 0 Å². The zero-order chi connectivity index (χ0) is 25.8. The summed E-state index contributed by atoms with van der Waals surface area (Å²) in [4.78, 5) is 61.9. The highest BCUT2D eigenvalue weighted by atomic mass is 16.2. The van der Waals surface area contributed by atoms with Gasteiger partial charge < -0.3 is 21.7 Å². The molecule has 35 heavy (non-hydrogen) atoms. The van der Waals surface area contributed by atoms with E-state index in [0.717, 1.165) is 11.1 Å². The molecule has 0 aliphatic rings. The van der Waals surface area contributed by atoms with E-state index in [1.54, 1.807) is 24.3 Å². The predicted octanol–water partition coefficient (Wildman–Crippen LogP) is 1.01. The third-order valence-corrected chi connectivity index (χ3v) is 5.13. The summed E-state index contributed by atoms with van der Waals surface area (Å²) < 4.78 is 0. The highest BCUT2D eigenvalue weighted by molar-refractivity contribution is 6.38. The standard InChI is InChI=1S/C26H32N4O5/c1-17(2)13-21(29-23(32)15-22(27)31)25(34)30-20(14-18-9-5-3-6-10-18)24(33)26(35)28-16-19-11-7-4-8-12-19/h3-12,17,20-21H,13-16H2,1-2H3,(H2,27,31)(H,28,35)(H,29,32)(H,30,34)/t20-,21-/m0/s1. The SMILES string of the molecule is CC(C)C[C@H](NC(=O)CC(N)=O)C(=O)N[C@@H](Cc1ccccc1)C(=O)C(=O)NCc1ccccc1. The number of Topliss-reactive ketones (excluding diaryl/α,β-unsaturated/α-hetero) is 1. The number of primary amides is 1. The Hall–Kier alpha value is -4.01. The zero-order valence-corrected chi connectivity index (χ0v) is 20.0. The van der Waals surface area contributed by atoms with Crippen LogP contribution in [0.1, 0.15) is 37.8 Å². The Morgan fingerprint density at radius 1 is 0.800 bits per heavy atom. The maximum atomic E-state index is 13.1. The Morgan fingerprint density at radius 2 is 1.37 bits per heavy atom. The third-order valence-electron chi connectivity index (χ3n) is 5.13. The Kier molecular flexibility index (Phi) is 10.6. The number of carbonyl (C=O) groups excluding carboxylic acids is 5. The normalized spacial score (nSPS) is 12.3. The summed E-state index contributed by atoms with van der Waals surface area (Å²) in [7, 11) is 0. The van der Waals surface area contributed by atoms with Gasteiger partial charge in [-0.3, -0.25) is 24.0 Å². The Morgan fingerprint density at radius 3 is 1.91 bits per heavy atom. The second-order valence-electron chi connectivity index (χ2n) is 8.68. The van der Waals surface area contributed by atoms with Crippen molar-refractivity contribution < 1.29 is 24.0 Å². The molecule has 2 atom stereocenters. The van der Waals surface area contributed by atoms with Crippen molar-refractivity contribution >= 4 is 29.4 Å². The number of benzene rings is 2. The summed E-state index contributed by atoms with van der Waals surface area (Å²) in [6.45, 7) is 3.89. The van der Waals surface area contributed by atoms with Gasteiger partial charge >= 0.3 is 0 Å². The second kappa shape index (κ2) is 13.6. The minimum atomic E-state index is -1.15. The lowest BCUT2D eigenvalue weighted by molar-refractivity contribution is -0.140. The Bertz CT molecular complexity index is 1020. The fourth-order valence-corrected chi connectivity index (χ4v) is 3.46. The summed E-state index contributed by atoms with van der Waals surface area (Å²) >= 11 is 0. The first-order chi connectivity index (χ1) is 16.7. The molecule has 0 aliphatic heterocycles. The minimum Gasteiger partial charge on any atom is -0.369 e. The molecule has 0 aliphatic carbocycles. The van der Waals surface area contributed by atoms with Gasteiger partial charge in [0, 0.05) is 13.0 Å². The highest BCUT2D eigenvalue weighted by Gasteiger charge is 2.30. The van der Waals surface area contributed by atoms with E-state index in [-0.39, 0.29) is 25.3 Å². The molecule has 2 aromatic carbocycles. The van der Waals surface area contributed by atoms with Gasteiger partial charge in [0.05, 0.1) is 0 Å². The van der Waals surface area contributed by atoms with Crippen LogP contribution in [0.5, 0.6) is 0 Å². The van der Waals surface area contributed by atoms with Gasteiger partial charge in [0.25, 0.3) is 5.91 Å². The smallest absolute Gasteiger partial charge is 0.289 e. The largest absolute Gasteiger partial charge is 0.369 e.